The van der Waals surface area contributed by atoms with Crippen LogP contribution in [-0.4, -0.2) is 23.1 Å². The van der Waals surface area contributed by atoms with Crippen molar-refractivity contribution in [3.8, 4) is 0 Å². The first-order valence-corrected chi connectivity index (χ1v) is 6.31. The maximum Gasteiger partial charge on any atom is 0.488 e. The summed E-state index contributed by atoms with van der Waals surface area (Å²) in [6, 6.07) is 10.3. The van der Waals surface area contributed by atoms with Gasteiger partial charge in [0, 0.05) is 10.6 Å². The van der Waals surface area contributed by atoms with Crippen LogP contribution in [0.25, 0.3) is 0 Å². The van der Waals surface area contributed by atoms with Crippen LogP contribution >= 0.6 is 11.3 Å². The zero-order valence-electron chi connectivity index (χ0n) is 9.54. The van der Waals surface area contributed by atoms with Gasteiger partial charge in [0.25, 0.3) is 0 Å². The largest absolute Gasteiger partial charge is 0.488 e. The molecule has 6 heteroatoms. The molecule has 2 rings (SSSR count). The summed E-state index contributed by atoms with van der Waals surface area (Å²) in [5.74, 6) is -0.123. The van der Waals surface area contributed by atoms with E-state index in [9.17, 15) is 4.79 Å². The van der Waals surface area contributed by atoms with Gasteiger partial charge in [0.1, 0.15) is 0 Å². The second-order valence-corrected chi connectivity index (χ2v) is 4.84. The number of anilines is 1. The molecule has 0 aliphatic heterocycles. The van der Waals surface area contributed by atoms with E-state index in [2.05, 4.69) is 5.32 Å². The van der Waals surface area contributed by atoms with Gasteiger partial charge in [0.05, 0.1) is 6.42 Å². The molecular weight excluding hydrogens is 249 g/mol. The highest BCUT2D eigenvalue weighted by atomic mass is 32.1. The van der Waals surface area contributed by atoms with E-state index in [1.165, 1.54) is 17.4 Å². The van der Waals surface area contributed by atoms with Crippen molar-refractivity contribution in [2.45, 2.75) is 6.42 Å². The first-order chi connectivity index (χ1) is 8.65. The summed E-state index contributed by atoms with van der Waals surface area (Å²) in [5.41, 5.74) is 0.908. The molecule has 1 amide bonds. The predicted molar refractivity (Wildman–Crippen MR) is 72.9 cm³/mol. The third-order valence-corrected chi connectivity index (χ3v) is 3.26. The zero-order valence-corrected chi connectivity index (χ0v) is 10.4. The highest BCUT2D eigenvalue weighted by molar-refractivity contribution is 7.10. The van der Waals surface area contributed by atoms with Crippen LogP contribution in [-0.2, 0) is 11.2 Å². The van der Waals surface area contributed by atoms with E-state index >= 15 is 0 Å². The van der Waals surface area contributed by atoms with Crippen molar-refractivity contribution in [3.05, 3.63) is 46.7 Å². The third-order valence-electron chi connectivity index (χ3n) is 2.38. The fourth-order valence-corrected chi connectivity index (χ4v) is 2.26. The Morgan fingerprint density at radius 2 is 2.11 bits per heavy atom. The van der Waals surface area contributed by atoms with Crippen LogP contribution in [0.15, 0.2) is 41.8 Å². The normalized spacial score (nSPS) is 10.1. The average molecular weight is 261 g/mol. The highest BCUT2D eigenvalue weighted by Crippen LogP contribution is 2.11. The van der Waals surface area contributed by atoms with Gasteiger partial charge in [-0.25, -0.2) is 0 Å². The predicted octanol–water partition coefficient (Wildman–Crippen LogP) is 0.609. The lowest BCUT2D eigenvalue weighted by atomic mass is 9.80. The minimum Gasteiger partial charge on any atom is -0.423 e. The molecular formula is C12H12BNO3S. The molecule has 3 N–H and O–H groups in total. The summed E-state index contributed by atoms with van der Waals surface area (Å²) >= 11 is 1.53. The van der Waals surface area contributed by atoms with E-state index in [0.29, 0.717) is 17.6 Å². The smallest absolute Gasteiger partial charge is 0.423 e. The van der Waals surface area contributed by atoms with Crippen molar-refractivity contribution < 1.29 is 14.8 Å². The molecule has 0 saturated carbocycles. The Hall–Kier alpha value is -1.63. The summed E-state index contributed by atoms with van der Waals surface area (Å²) in [6.07, 6.45) is 0.323. The number of thiophene rings is 1. The molecule has 0 aliphatic carbocycles. The summed E-state index contributed by atoms with van der Waals surface area (Å²) in [4.78, 5) is 12.7. The monoisotopic (exact) mass is 261 g/mol. The van der Waals surface area contributed by atoms with Crippen LogP contribution < -0.4 is 10.8 Å². The first-order valence-electron chi connectivity index (χ1n) is 5.43. The number of hydrogen-bond donors (Lipinski definition) is 3. The van der Waals surface area contributed by atoms with E-state index in [0.717, 1.165) is 4.88 Å². The second-order valence-electron chi connectivity index (χ2n) is 3.80. The highest BCUT2D eigenvalue weighted by Gasteiger charge is 2.11. The maximum absolute atomic E-state index is 11.7. The molecule has 18 heavy (non-hydrogen) atoms. The van der Waals surface area contributed by atoms with Crippen molar-refractivity contribution in [1.82, 2.24) is 0 Å². The van der Waals surface area contributed by atoms with Crippen molar-refractivity contribution in [2.75, 3.05) is 5.32 Å². The minimum atomic E-state index is -1.53. The molecule has 1 aromatic heterocycles. The Kier molecular flexibility index (Phi) is 4.14. The van der Waals surface area contributed by atoms with Gasteiger partial charge in [-0.1, -0.05) is 18.2 Å². The van der Waals surface area contributed by atoms with Gasteiger partial charge >= 0.3 is 7.12 Å². The number of carbonyl (C=O) groups excluding carboxylic acids is 1. The second kappa shape index (κ2) is 5.81. The molecule has 0 spiro atoms. The fraction of sp³-hybridized carbons (Fsp3) is 0.0833. The molecule has 4 nitrogen and oxygen atoms in total. The Balaban J connectivity index is 2.00. The van der Waals surface area contributed by atoms with Crippen molar-refractivity contribution in [3.63, 3.8) is 0 Å². The van der Waals surface area contributed by atoms with E-state index in [1.807, 2.05) is 17.5 Å². The zero-order chi connectivity index (χ0) is 13.0. The molecule has 1 heterocycles. The molecule has 0 aliphatic rings. The molecule has 0 bridgehead atoms. The average Bonchev–Trinajstić information content (AvgIpc) is 2.82. The minimum absolute atomic E-state index is 0.123. The van der Waals surface area contributed by atoms with Crippen molar-refractivity contribution in [2.24, 2.45) is 0 Å². The van der Waals surface area contributed by atoms with Crippen LogP contribution in [0.2, 0.25) is 0 Å². The van der Waals surface area contributed by atoms with Crippen LogP contribution in [0.3, 0.4) is 0 Å². The van der Waals surface area contributed by atoms with Gasteiger partial charge < -0.3 is 15.4 Å². The number of nitrogens with one attached hydrogen (secondary N) is 1. The third kappa shape index (κ3) is 3.43. The van der Waals surface area contributed by atoms with E-state index < -0.39 is 7.12 Å². The topological polar surface area (TPSA) is 69.6 Å². The SMILES string of the molecule is O=C(Cc1cccs1)Nc1cccc(B(O)O)c1. The number of rotatable bonds is 4. The molecule has 0 fully saturated rings. The van der Waals surface area contributed by atoms with Gasteiger partial charge in [-0.2, -0.15) is 0 Å². The molecule has 0 saturated heterocycles. The van der Waals surface area contributed by atoms with Crippen LogP contribution in [0.4, 0.5) is 5.69 Å². The molecule has 1 aromatic carbocycles. The van der Waals surface area contributed by atoms with E-state index in [1.54, 1.807) is 18.2 Å². The molecule has 92 valence electrons. The molecule has 2 aromatic rings. The molecule has 0 radical (unpaired) electrons. The lowest BCUT2D eigenvalue weighted by Gasteiger charge is -2.06. The van der Waals surface area contributed by atoms with Crippen LogP contribution in [0, 0.1) is 0 Å². The van der Waals surface area contributed by atoms with Gasteiger partial charge in [-0.05, 0) is 29.0 Å². The van der Waals surface area contributed by atoms with Gasteiger partial charge in [-0.3, -0.25) is 4.79 Å². The van der Waals surface area contributed by atoms with Crippen molar-refractivity contribution in [1.29, 1.82) is 0 Å². The van der Waals surface area contributed by atoms with Gasteiger partial charge in [-0.15, -0.1) is 11.3 Å². The van der Waals surface area contributed by atoms with Crippen LogP contribution in [0.5, 0.6) is 0 Å². The number of benzene rings is 1. The standard InChI is InChI=1S/C12H12BNO3S/c15-12(8-11-5-2-6-18-11)14-10-4-1-3-9(7-10)13(16)17/h1-7,16-17H,8H2,(H,14,15). The first kappa shape index (κ1) is 12.8. The Bertz CT molecular complexity index is 528. The maximum atomic E-state index is 11.7. The van der Waals surface area contributed by atoms with E-state index in [-0.39, 0.29) is 5.91 Å². The quantitative estimate of drug-likeness (QED) is 0.706. The Labute approximate surface area is 109 Å². The van der Waals surface area contributed by atoms with E-state index in [4.69, 9.17) is 10.0 Å². The van der Waals surface area contributed by atoms with Crippen LogP contribution in [0.1, 0.15) is 4.88 Å². The summed E-state index contributed by atoms with van der Waals surface area (Å²) in [5, 5.41) is 22.7. The lowest BCUT2D eigenvalue weighted by molar-refractivity contribution is -0.115. The van der Waals surface area contributed by atoms with Gasteiger partial charge in [0.15, 0.2) is 0 Å². The summed E-state index contributed by atoms with van der Waals surface area (Å²) in [6.45, 7) is 0. The molecule has 0 atom stereocenters. The van der Waals surface area contributed by atoms with Gasteiger partial charge in [0.2, 0.25) is 5.91 Å². The lowest BCUT2D eigenvalue weighted by Crippen LogP contribution is -2.30. The summed E-state index contributed by atoms with van der Waals surface area (Å²) < 4.78 is 0. The number of amides is 1. The number of hydrogen-bond acceptors (Lipinski definition) is 4. The Morgan fingerprint density at radius 3 is 2.78 bits per heavy atom. The van der Waals surface area contributed by atoms with Crippen molar-refractivity contribution >= 4 is 35.5 Å². The number of carbonyl (C=O) groups is 1. The fourth-order valence-electron chi connectivity index (χ4n) is 1.55. The summed E-state index contributed by atoms with van der Waals surface area (Å²) in [7, 11) is -1.53. The Morgan fingerprint density at radius 1 is 1.28 bits per heavy atom. The molecule has 0 unspecified atom stereocenters.